The Morgan fingerprint density at radius 1 is 1.32 bits per heavy atom. The first-order chi connectivity index (χ1) is 10.4. The van der Waals surface area contributed by atoms with Crippen LogP contribution in [0.4, 0.5) is 0 Å². The number of hydrogen-bond acceptors (Lipinski definition) is 5. The molecule has 0 aliphatic carbocycles. The lowest BCUT2D eigenvalue weighted by atomic mass is 10.1. The van der Waals surface area contributed by atoms with Gasteiger partial charge < -0.3 is 14.3 Å². The van der Waals surface area contributed by atoms with Crippen LogP contribution in [0, 0.1) is 13.8 Å². The number of carbonyl (C=O) groups is 1. The highest BCUT2D eigenvalue weighted by atomic mass is 16.5. The number of nitrogens with zero attached hydrogens (tertiary/aromatic N) is 1. The van der Waals surface area contributed by atoms with Gasteiger partial charge in [0.15, 0.2) is 11.5 Å². The molecule has 116 valence electrons. The monoisotopic (exact) mass is 302 g/mol. The van der Waals surface area contributed by atoms with Gasteiger partial charge >= 0.3 is 0 Å². The molecule has 0 aliphatic heterocycles. The summed E-state index contributed by atoms with van der Waals surface area (Å²) in [6.45, 7) is 5.25. The number of rotatable bonds is 4. The Bertz CT molecular complexity index is 732. The summed E-state index contributed by atoms with van der Waals surface area (Å²) < 4.78 is 10.4. The number of furan rings is 1. The van der Waals surface area contributed by atoms with E-state index in [1.807, 2.05) is 0 Å². The molecule has 0 aliphatic rings. The van der Waals surface area contributed by atoms with Crippen LogP contribution in [0.25, 0.3) is 0 Å². The van der Waals surface area contributed by atoms with E-state index in [9.17, 15) is 9.90 Å². The van der Waals surface area contributed by atoms with Crippen molar-refractivity contribution in [1.29, 1.82) is 0 Å². The van der Waals surface area contributed by atoms with Gasteiger partial charge in [-0.05, 0) is 45.0 Å². The summed E-state index contributed by atoms with van der Waals surface area (Å²) in [7, 11) is 1.47. The third-order valence-electron chi connectivity index (χ3n) is 3.21. The van der Waals surface area contributed by atoms with Crippen molar-refractivity contribution < 1.29 is 19.1 Å². The van der Waals surface area contributed by atoms with Crippen molar-refractivity contribution in [3.63, 3.8) is 0 Å². The first-order valence-electron chi connectivity index (χ1n) is 6.71. The molecule has 1 heterocycles. The van der Waals surface area contributed by atoms with Gasteiger partial charge in [0.1, 0.15) is 11.5 Å². The fraction of sp³-hybridized carbons (Fsp3) is 0.250. The number of aryl methyl sites for hydroxylation is 2. The maximum absolute atomic E-state index is 12.0. The number of phenols is 1. The normalized spacial score (nSPS) is 11.4. The molecule has 0 unspecified atom stereocenters. The van der Waals surface area contributed by atoms with Crippen LogP contribution in [0.5, 0.6) is 11.5 Å². The Morgan fingerprint density at radius 2 is 2.05 bits per heavy atom. The summed E-state index contributed by atoms with van der Waals surface area (Å²) in [5, 5.41) is 13.6. The molecule has 6 nitrogen and oxygen atoms in total. The molecule has 1 aromatic carbocycles. The number of amides is 1. The molecule has 0 radical (unpaired) electrons. The molecule has 1 aromatic heterocycles. The van der Waals surface area contributed by atoms with Gasteiger partial charge in [0, 0.05) is 5.56 Å². The summed E-state index contributed by atoms with van der Waals surface area (Å²) in [5.74, 6) is 1.28. The second-order valence-corrected chi connectivity index (χ2v) is 4.85. The smallest absolute Gasteiger partial charge is 0.274 e. The second kappa shape index (κ2) is 6.34. The van der Waals surface area contributed by atoms with E-state index in [0.29, 0.717) is 28.5 Å². The number of nitrogens with one attached hydrogen (secondary N) is 1. The average molecular weight is 302 g/mol. The van der Waals surface area contributed by atoms with Crippen molar-refractivity contribution in [2.75, 3.05) is 7.11 Å². The van der Waals surface area contributed by atoms with Crippen LogP contribution in [-0.2, 0) is 0 Å². The Morgan fingerprint density at radius 3 is 2.64 bits per heavy atom. The van der Waals surface area contributed by atoms with Crippen LogP contribution >= 0.6 is 0 Å². The first kappa shape index (κ1) is 15.6. The number of benzene rings is 1. The quantitative estimate of drug-likeness (QED) is 0.672. The average Bonchev–Trinajstić information content (AvgIpc) is 2.83. The van der Waals surface area contributed by atoms with E-state index >= 15 is 0 Å². The maximum Gasteiger partial charge on any atom is 0.274 e. The number of ether oxygens (including phenoxy) is 1. The Kier molecular flexibility index (Phi) is 4.50. The van der Waals surface area contributed by atoms with Gasteiger partial charge in [-0.1, -0.05) is 0 Å². The van der Waals surface area contributed by atoms with E-state index in [-0.39, 0.29) is 11.7 Å². The van der Waals surface area contributed by atoms with Gasteiger partial charge in [0.05, 0.1) is 18.4 Å². The predicted octanol–water partition coefficient (Wildman–Crippen LogP) is 2.76. The highest BCUT2D eigenvalue weighted by molar-refractivity contribution is 6.01. The minimum absolute atomic E-state index is 0.0487. The highest BCUT2D eigenvalue weighted by Gasteiger charge is 2.13. The lowest BCUT2D eigenvalue weighted by Gasteiger charge is -2.06. The van der Waals surface area contributed by atoms with Crippen LogP contribution in [0.2, 0.25) is 0 Å². The van der Waals surface area contributed by atoms with Gasteiger partial charge in [-0.2, -0.15) is 5.10 Å². The van der Waals surface area contributed by atoms with E-state index in [1.165, 1.54) is 13.2 Å². The molecule has 0 saturated heterocycles. The van der Waals surface area contributed by atoms with Crippen LogP contribution < -0.4 is 10.2 Å². The molecule has 22 heavy (non-hydrogen) atoms. The van der Waals surface area contributed by atoms with Gasteiger partial charge in [0.25, 0.3) is 5.91 Å². The lowest BCUT2D eigenvalue weighted by molar-refractivity contribution is 0.0953. The standard InChI is InChI=1S/C16H18N2O4/c1-9-7-13(11(3)22-9)16(20)18-17-10(2)12-5-6-14(19)15(8-12)21-4/h5-8,19H,1-4H3,(H,18,20)/b17-10-. The fourth-order valence-corrected chi connectivity index (χ4v) is 2.02. The summed E-state index contributed by atoms with van der Waals surface area (Å²) >= 11 is 0. The van der Waals surface area contributed by atoms with Crippen molar-refractivity contribution in [3.8, 4) is 11.5 Å². The van der Waals surface area contributed by atoms with Crippen LogP contribution in [0.15, 0.2) is 33.8 Å². The molecule has 2 rings (SSSR count). The Balaban J connectivity index is 2.16. The number of hydrogen-bond donors (Lipinski definition) is 2. The third kappa shape index (κ3) is 3.28. The Labute approximate surface area is 128 Å². The number of aromatic hydroxyl groups is 1. The molecule has 0 bridgehead atoms. The van der Waals surface area contributed by atoms with Crippen molar-refractivity contribution in [2.24, 2.45) is 5.10 Å². The summed E-state index contributed by atoms with van der Waals surface area (Å²) in [6, 6.07) is 6.52. The van der Waals surface area contributed by atoms with E-state index in [2.05, 4.69) is 10.5 Å². The maximum atomic E-state index is 12.0. The van der Waals surface area contributed by atoms with Crippen LogP contribution in [0.1, 0.15) is 34.4 Å². The van der Waals surface area contributed by atoms with Gasteiger partial charge in [-0.3, -0.25) is 4.79 Å². The van der Waals surface area contributed by atoms with E-state index in [1.54, 1.807) is 39.0 Å². The number of methoxy groups -OCH3 is 1. The van der Waals surface area contributed by atoms with Crippen molar-refractivity contribution in [1.82, 2.24) is 5.43 Å². The lowest BCUT2D eigenvalue weighted by Crippen LogP contribution is -2.19. The largest absolute Gasteiger partial charge is 0.504 e. The zero-order chi connectivity index (χ0) is 16.3. The predicted molar refractivity (Wildman–Crippen MR) is 82.5 cm³/mol. The van der Waals surface area contributed by atoms with E-state index < -0.39 is 0 Å². The molecule has 0 spiro atoms. The third-order valence-corrected chi connectivity index (χ3v) is 3.21. The Hall–Kier alpha value is -2.76. The highest BCUT2D eigenvalue weighted by Crippen LogP contribution is 2.26. The van der Waals surface area contributed by atoms with Crippen molar-refractivity contribution in [2.45, 2.75) is 20.8 Å². The zero-order valence-electron chi connectivity index (χ0n) is 12.9. The zero-order valence-corrected chi connectivity index (χ0v) is 12.9. The molecule has 1 amide bonds. The minimum Gasteiger partial charge on any atom is -0.504 e. The summed E-state index contributed by atoms with van der Waals surface area (Å²) in [5.41, 5.74) is 4.26. The van der Waals surface area contributed by atoms with Gasteiger partial charge in [0.2, 0.25) is 0 Å². The summed E-state index contributed by atoms with van der Waals surface area (Å²) in [6.07, 6.45) is 0. The van der Waals surface area contributed by atoms with Gasteiger partial charge in [-0.25, -0.2) is 5.43 Å². The number of carbonyl (C=O) groups excluding carboxylic acids is 1. The van der Waals surface area contributed by atoms with Gasteiger partial charge in [-0.15, -0.1) is 0 Å². The number of hydrazone groups is 1. The molecular formula is C16H18N2O4. The molecule has 0 saturated carbocycles. The molecular weight excluding hydrogens is 284 g/mol. The molecule has 2 N–H and O–H groups in total. The van der Waals surface area contributed by atoms with Crippen molar-refractivity contribution in [3.05, 3.63) is 46.9 Å². The van der Waals surface area contributed by atoms with E-state index in [4.69, 9.17) is 9.15 Å². The topological polar surface area (TPSA) is 84.1 Å². The second-order valence-electron chi connectivity index (χ2n) is 4.85. The fourth-order valence-electron chi connectivity index (χ4n) is 2.02. The van der Waals surface area contributed by atoms with Crippen LogP contribution in [0.3, 0.4) is 0 Å². The SMILES string of the molecule is COc1cc(/C(C)=N\NC(=O)c2cc(C)oc2C)ccc1O. The molecule has 2 aromatic rings. The minimum atomic E-state index is -0.334. The number of phenolic OH excluding ortho intramolecular Hbond substituents is 1. The van der Waals surface area contributed by atoms with E-state index in [0.717, 1.165) is 5.56 Å². The summed E-state index contributed by atoms with van der Waals surface area (Å²) in [4.78, 5) is 12.0. The molecule has 0 atom stereocenters. The van der Waals surface area contributed by atoms with Crippen molar-refractivity contribution >= 4 is 11.6 Å². The van der Waals surface area contributed by atoms with Crippen LogP contribution in [-0.4, -0.2) is 23.8 Å². The molecule has 6 heteroatoms. The first-order valence-corrected chi connectivity index (χ1v) is 6.71. The molecule has 0 fully saturated rings.